The number of benzene rings is 8. The molecule has 0 bridgehead atoms. The molecule has 0 saturated carbocycles. The Labute approximate surface area is 289 Å². The average Bonchev–Trinajstić information content (AvgIpc) is 3.21. The van der Waals surface area contributed by atoms with Crippen molar-refractivity contribution >= 4 is 54.0 Å². The highest BCUT2D eigenvalue weighted by Gasteiger charge is 2.19. The molecule has 0 fully saturated rings. The second-order valence-electron chi connectivity index (χ2n) is 12.8. The lowest BCUT2D eigenvalue weighted by Crippen LogP contribution is -1.96. The summed E-state index contributed by atoms with van der Waals surface area (Å²) >= 11 is 0. The standard InChI is InChI=1S/C47H29N3/c1-3-14-31(15-4-1)41-29-42(32-16-5-2-6-17-32)49-47(48-41)34-25-23-33(24-26-34)45-40-28-27-30-13-7-8-18-35(30)43(40)44-38-21-11-9-19-36(38)37-20-10-12-22-39(37)46(44)50-45/h1-29H. The van der Waals surface area contributed by atoms with Crippen molar-refractivity contribution in [1.82, 2.24) is 15.0 Å². The molecule has 50 heavy (non-hydrogen) atoms. The largest absolute Gasteiger partial charge is 0.246 e. The minimum atomic E-state index is 0.691. The molecule has 0 saturated heterocycles. The van der Waals surface area contributed by atoms with Crippen molar-refractivity contribution in [3.63, 3.8) is 0 Å². The number of hydrogen-bond donors (Lipinski definition) is 0. The van der Waals surface area contributed by atoms with Gasteiger partial charge in [-0.05, 0) is 33.0 Å². The van der Waals surface area contributed by atoms with Gasteiger partial charge in [0.2, 0.25) is 0 Å². The lowest BCUT2D eigenvalue weighted by Gasteiger charge is -2.17. The maximum absolute atomic E-state index is 5.54. The van der Waals surface area contributed by atoms with Gasteiger partial charge in [0.25, 0.3) is 0 Å². The maximum atomic E-state index is 5.54. The summed E-state index contributed by atoms with van der Waals surface area (Å²) in [7, 11) is 0. The van der Waals surface area contributed by atoms with Gasteiger partial charge in [-0.15, -0.1) is 0 Å². The van der Waals surface area contributed by atoms with Gasteiger partial charge in [0.15, 0.2) is 5.82 Å². The van der Waals surface area contributed by atoms with Crippen molar-refractivity contribution in [2.75, 3.05) is 0 Å². The van der Waals surface area contributed by atoms with Crippen molar-refractivity contribution in [2.45, 2.75) is 0 Å². The van der Waals surface area contributed by atoms with E-state index in [0.717, 1.165) is 55.6 Å². The van der Waals surface area contributed by atoms with Crippen LogP contribution in [-0.4, -0.2) is 15.0 Å². The van der Waals surface area contributed by atoms with Gasteiger partial charge in [-0.3, -0.25) is 0 Å². The first kappa shape index (κ1) is 28.3. The van der Waals surface area contributed by atoms with Gasteiger partial charge in [0.1, 0.15) is 0 Å². The molecule has 3 nitrogen and oxygen atoms in total. The molecule has 0 unspecified atom stereocenters. The third kappa shape index (κ3) is 4.56. The van der Waals surface area contributed by atoms with E-state index in [4.69, 9.17) is 15.0 Å². The van der Waals surface area contributed by atoms with Crippen LogP contribution in [0.1, 0.15) is 0 Å². The molecule has 232 valence electrons. The van der Waals surface area contributed by atoms with Gasteiger partial charge in [0.05, 0.1) is 22.6 Å². The Hall–Kier alpha value is -6.71. The quantitative estimate of drug-likeness (QED) is 0.181. The summed E-state index contributed by atoms with van der Waals surface area (Å²) < 4.78 is 0. The van der Waals surface area contributed by atoms with E-state index >= 15 is 0 Å². The third-order valence-electron chi connectivity index (χ3n) is 9.85. The van der Waals surface area contributed by atoms with Crippen molar-refractivity contribution in [3.8, 4) is 45.2 Å². The number of nitrogens with zero attached hydrogens (tertiary/aromatic N) is 3. The molecule has 0 aliphatic rings. The van der Waals surface area contributed by atoms with Gasteiger partial charge in [-0.25, -0.2) is 15.0 Å². The van der Waals surface area contributed by atoms with Crippen LogP contribution in [0, 0.1) is 0 Å². The molecule has 2 aromatic heterocycles. The molecule has 0 amide bonds. The maximum Gasteiger partial charge on any atom is 0.160 e. The van der Waals surface area contributed by atoms with Crippen LogP contribution in [0.25, 0.3) is 99.2 Å². The second kappa shape index (κ2) is 11.5. The number of pyridine rings is 1. The van der Waals surface area contributed by atoms with E-state index < -0.39 is 0 Å². The summed E-state index contributed by atoms with van der Waals surface area (Å²) in [5.74, 6) is 0.691. The molecule has 8 aromatic carbocycles. The van der Waals surface area contributed by atoms with Crippen molar-refractivity contribution in [3.05, 3.63) is 176 Å². The lowest BCUT2D eigenvalue weighted by molar-refractivity contribution is 1.18. The smallest absolute Gasteiger partial charge is 0.160 e. The van der Waals surface area contributed by atoms with Gasteiger partial charge < -0.3 is 0 Å². The van der Waals surface area contributed by atoms with Gasteiger partial charge in [0, 0.05) is 43.8 Å². The van der Waals surface area contributed by atoms with Crippen LogP contribution in [0.4, 0.5) is 0 Å². The summed E-state index contributed by atoms with van der Waals surface area (Å²) in [6.07, 6.45) is 0. The van der Waals surface area contributed by atoms with E-state index in [1.54, 1.807) is 0 Å². The topological polar surface area (TPSA) is 38.7 Å². The van der Waals surface area contributed by atoms with Crippen molar-refractivity contribution in [1.29, 1.82) is 0 Å². The third-order valence-corrected chi connectivity index (χ3v) is 9.85. The van der Waals surface area contributed by atoms with E-state index in [1.807, 2.05) is 36.4 Å². The molecule has 0 aliphatic carbocycles. The van der Waals surface area contributed by atoms with Crippen LogP contribution in [0.2, 0.25) is 0 Å². The van der Waals surface area contributed by atoms with E-state index in [2.05, 4.69) is 140 Å². The summed E-state index contributed by atoms with van der Waals surface area (Å²) in [5, 5.41) is 10.9. The van der Waals surface area contributed by atoms with E-state index in [-0.39, 0.29) is 0 Å². The second-order valence-corrected chi connectivity index (χ2v) is 12.8. The Morgan fingerprint density at radius 2 is 0.820 bits per heavy atom. The molecule has 0 atom stereocenters. The van der Waals surface area contributed by atoms with Crippen LogP contribution in [-0.2, 0) is 0 Å². The van der Waals surface area contributed by atoms with Crippen LogP contribution < -0.4 is 0 Å². The first-order valence-electron chi connectivity index (χ1n) is 17.0. The van der Waals surface area contributed by atoms with E-state index in [9.17, 15) is 0 Å². The summed E-state index contributed by atoms with van der Waals surface area (Å²) in [5.41, 5.74) is 7.90. The Morgan fingerprint density at radius 1 is 0.300 bits per heavy atom. The van der Waals surface area contributed by atoms with Gasteiger partial charge >= 0.3 is 0 Å². The SMILES string of the molecule is c1ccc(-c2cc(-c3ccccc3)nc(-c3ccc(-c4nc5c6ccccc6c6ccccc6c5c5c4ccc4ccccc45)cc3)n2)cc1. The predicted molar refractivity (Wildman–Crippen MR) is 209 cm³/mol. The Morgan fingerprint density at radius 3 is 1.48 bits per heavy atom. The minimum absolute atomic E-state index is 0.691. The van der Waals surface area contributed by atoms with E-state index in [0.29, 0.717) is 5.82 Å². The molecular formula is C47H29N3. The molecular weight excluding hydrogens is 607 g/mol. The fourth-order valence-corrected chi connectivity index (χ4v) is 7.49. The van der Waals surface area contributed by atoms with E-state index in [1.165, 1.54) is 37.7 Å². The summed E-state index contributed by atoms with van der Waals surface area (Å²) in [6.45, 7) is 0. The molecule has 0 spiro atoms. The van der Waals surface area contributed by atoms with Gasteiger partial charge in [-0.2, -0.15) is 0 Å². The summed E-state index contributed by atoms with van der Waals surface area (Å²) in [4.78, 5) is 15.7. The zero-order valence-corrected chi connectivity index (χ0v) is 27.1. The normalized spacial score (nSPS) is 11.6. The fourth-order valence-electron chi connectivity index (χ4n) is 7.49. The minimum Gasteiger partial charge on any atom is -0.246 e. The molecule has 0 aliphatic heterocycles. The number of hydrogen-bond acceptors (Lipinski definition) is 3. The zero-order chi connectivity index (χ0) is 33.0. The Balaban J connectivity index is 1.21. The fraction of sp³-hybridized carbons (Fsp3) is 0. The molecule has 0 N–H and O–H groups in total. The molecule has 0 radical (unpaired) electrons. The Kier molecular flexibility index (Phi) is 6.49. The summed E-state index contributed by atoms with van der Waals surface area (Å²) in [6, 6.07) is 61.9. The monoisotopic (exact) mass is 635 g/mol. The molecule has 2 heterocycles. The van der Waals surface area contributed by atoms with Crippen LogP contribution >= 0.6 is 0 Å². The highest BCUT2D eigenvalue weighted by Crippen LogP contribution is 2.43. The van der Waals surface area contributed by atoms with Crippen molar-refractivity contribution in [2.24, 2.45) is 0 Å². The number of rotatable bonds is 4. The first-order valence-corrected chi connectivity index (χ1v) is 17.0. The predicted octanol–water partition coefficient (Wildman–Crippen LogP) is 12.3. The number of fused-ring (bicyclic) bond motifs is 10. The highest BCUT2D eigenvalue weighted by molar-refractivity contribution is 6.35. The van der Waals surface area contributed by atoms with Crippen LogP contribution in [0.3, 0.4) is 0 Å². The van der Waals surface area contributed by atoms with Gasteiger partial charge in [-0.1, -0.05) is 170 Å². The highest BCUT2D eigenvalue weighted by atomic mass is 14.9. The molecule has 10 rings (SSSR count). The Bertz CT molecular complexity index is 2830. The first-order chi connectivity index (χ1) is 24.8. The zero-order valence-electron chi connectivity index (χ0n) is 27.1. The number of aromatic nitrogens is 3. The lowest BCUT2D eigenvalue weighted by atomic mass is 9.90. The van der Waals surface area contributed by atoms with Crippen LogP contribution in [0.5, 0.6) is 0 Å². The van der Waals surface area contributed by atoms with Crippen LogP contribution in [0.15, 0.2) is 176 Å². The van der Waals surface area contributed by atoms with Crippen molar-refractivity contribution < 1.29 is 0 Å². The molecule has 10 aromatic rings. The molecule has 3 heteroatoms. The average molecular weight is 636 g/mol.